The smallest absolute Gasteiger partial charge is 0.0702 e. The molecule has 8 aromatic rings. The summed E-state index contributed by atoms with van der Waals surface area (Å²) in [4.78, 5) is 5.07. The van der Waals surface area contributed by atoms with Crippen LogP contribution in [0.4, 0.5) is 0 Å². The normalized spacial score (nSPS) is 12.4. The summed E-state index contributed by atoms with van der Waals surface area (Å²) in [6, 6.07) is 46.2. The van der Waals surface area contributed by atoms with E-state index in [1.807, 2.05) is 0 Å². The largest absolute Gasteiger partial charge is 0.256 e. The highest BCUT2D eigenvalue weighted by atomic mass is 14.7. The second kappa shape index (κ2) is 10.6. The second-order valence-electron chi connectivity index (χ2n) is 11.4. The molecule has 0 radical (unpaired) electrons. The zero-order chi connectivity index (χ0) is 29.6. The lowest BCUT2D eigenvalue weighted by Gasteiger charge is -2.18. The molecule has 8 rings (SSSR count). The van der Waals surface area contributed by atoms with Crippen LogP contribution in [0.1, 0.15) is 19.4 Å². The number of rotatable bonds is 4. The van der Waals surface area contributed by atoms with E-state index in [0.29, 0.717) is 0 Å². The first kappa shape index (κ1) is 26.1. The molecule has 1 nitrogen and oxygen atoms in total. The maximum absolute atomic E-state index is 5.07. The average molecular weight is 562 g/mol. The number of fused-ring (bicyclic) bond motifs is 8. The van der Waals surface area contributed by atoms with E-state index < -0.39 is 0 Å². The van der Waals surface area contributed by atoms with Crippen LogP contribution in [-0.4, -0.2) is 4.98 Å². The third kappa shape index (κ3) is 4.05. The minimum atomic E-state index is 0.974. The van der Waals surface area contributed by atoms with Gasteiger partial charge < -0.3 is 0 Å². The molecule has 0 aliphatic heterocycles. The first-order valence-electron chi connectivity index (χ1n) is 15.3. The summed E-state index contributed by atoms with van der Waals surface area (Å²) in [7, 11) is 0. The third-order valence-electron chi connectivity index (χ3n) is 8.97. The van der Waals surface area contributed by atoms with Crippen LogP contribution in [0.5, 0.6) is 0 Å². The Morgan fingerprint density at radius 1 is 0.477 bits per heavy atom. The SMILES string of the molecule is C/C=C\C(=C/C)c1c2ccccc2c(-c2ccc(-c3ccc4c5ccccc5c5ccccc5c4c3)nc2)c2ccccc12. The first-order chi connectivity index (χ1) is 21.8. The lowest BCUT2D eigenvalue weighted by atomic mass is 9.86. The quantitative estimate of drug-likeness (QED) is 0.118. The number of hydrogen-bond acceptors (Lipinski definition) is 1. The second-order valence-corrected chi connectivity index (χ2v) is 11.4. The summed E-state index contributed by atoms with van der Waals surface area (Å²) < 4.78 is 0. The Hall–Kier alpha value is -5.53. The molecule has 0 aliphatic carbocycles. The molecule has 0 amide bonds. The van der Waals surface area contributed by atoms with E-state index in [4.69, 9.17) is 4.98 Å². The molecule has 0 aliphatic rings. The fourth-order valence-corrected chi connectivity index (χ4v) is 7.03. The van der Waals surface area contributed by atoms with Crippen LogP contribution in [0.25, 0.3) is 81.8 Å². The summed E-state index contributed by atoms with van der Waals surface area (Å²) in [6.45, 7) is 4.20. The topological polar surface area (TPSA) is 12.9 Å². The van der Waals surface area contributed by atoms with Crippen molar-refractivity contribution in [3.05, 3.63) is 157 Å². The van der Waals surface area contributed by atoms with Crippen molar-refractivity contribution in [1.29, 1.82) is 0 Å². The van der Waals surface area contributed by atoms with Crippen molar-refractivity contribution < 1.29 is 0 Å². The molecule has 0 saturated heterocycles. The van der Waals surface area contributed by atoms with Gasteiger partial charge in [-0.3, -0.25) is 4.98 Å². The maximum atomic E-state index is 5.07. The average Bonchev–Trinajstić information content (AvgIpc) is 3.10. The molecule has 1 aromatic heterocycles. The Morgan fingerprint density at radius 2 is 0.955 bits per heavy atom. The fraction of sp³-hybridized carbons (Fsp3) is 0.0465. The molecule has 44 heavy (non-hydrogen) atoms. The van der Waals surface area contributed by atoms with Crippen LogP contribution in [0.2, 0.25) is 0 Å². The van der Waals surface area contributed by atoms with Crippen molar-refractivity contribution in [3.8, 4) is 22.4 Å². The Labute approximate surface area is 257 Å². The molecular weight excluding hydrogens is 530 g/mol. The van der Waals surface area contributed by atoms with E-state index in [0.717, 1.165) is 16.8 Å². The summed E-state index contributed by atoms with van der Waals surface area (Å²) in [5, 5.41) is 12.7. The van der Waals surface area contributed by atoms with E-state index in [9.17, 15) is 0 Å². The standard InChI is InChI=1S/C43H31N/c1-3-13-28(4-2)42-36-18-9-11-20-38(36)43(39-21-12-10-19-37(39)42)30-23-25-41(44-27-30)29-22-24-35-33-16-6-5-14-31(33)32-15-7-8-17-34(32)40(35)26-29/h3-27H,1-2H3/b13-3-,28-4+. The summed E-state index contributed by atoms with van der Waals surface area (Å²) >= 11 is 0. The number of allylic oxidation sites excluding steroid dienone is 4. The van der Waals surface area contributed by atoms with Crippen LogP contribution < -0.4 is 0 Å². The van der Waals surface area contributed by atoms with Crippen LogP contribution in [0.3, 0.4) is 0 Å². The highest BCUT2D eigenvalue weighted by molar-refractivity contribution is 6.26. The van der Waals surface area contributed by atoms with Crippen molar-refractivity contribution in [3.63, 3.8) is 0 Å². The predicted octanol–water partition coefficient (Wildman–Crippen LogP) is 12.2. The van der Waals surface area contributed by atoms with Crippen molar-refractivity contribution in [2.45, 2.75) is 13.8 Å². The Balaban J connectivity index is 1.31. The molecular formula is C43H31N. The minimum absolute atomic E-state index is 0.974. The molecule has 0 unspecified atom stereocenters. The Morgan fingerprint density at radius 3 is 1.45 bits per heavy atom. The van der Waals surface area contributed by atoms with Crippen LogP contribution >= 0.6 is 0 Å². The van der Waals surface area contributed by atoms with Gasteiger partial charge in [0.15, 0.2) is 0 Å². The highest BCUT2D eigenvalue weighted by Crippen LogP contribution is 2.42. The molecule has 1 heterocycles. The van der Waals surface area contributed by atoms with Gasteiger partial charge in [0.1, 0.15) is 0 Å². The van der Waals surface area contributed by atoms with Crippen molar-refractivity contribution in [2.24, 2.45) is 0 Å². The number of aromatic nitrogens is 1. The lowest BCUT2D eigenvalue weighted by molar-refractivity contribution is 1.33. The van der Waals surface area contributed by atoms with Gasteiger partial charge in [-0.2, -0.15) is 0 Å². The van der Waals surface area contributed by atoms with E-state index in [1.165, 1.54) is 70.6 Å². The predicted molar refractivity (Wildman–Crippen MR) is 191 cm³/mol. The molecule has 0 fully saturated rings. The van der Waals surface area contributed by atoms with Gasteiger partial charge >= 0.3 is 0 Å². The summed E-state index contributed by atoms with van der Waals surface area (Å²) in [5.74, 6) is 0. The van der Waals surface area contributed by atoms with Crippen molar-refractivity contribution in [2.75, 3.05) is 0 Å². The molecule has 0 spiro atoms. The Kier molecular flexibility index (Phi) is 6.31. The monoisotopic (exact) mass is 561 g/mol. The molecule has 1 heteroatoms. The highest BCUT2D eigenvalue weighted by Gasteiger charge is 2.17. The van der Waals surface area contributed by atoms with E-state index in [1.54, 1.807) is 0 Å². The van der Waals surface area contributed by atoms with Gasteiger partial charge in [0.05, 0.1) is 5.69 Å². The minimum Gasteiger partial charge on any atom is -0.256 e. The molecule has 7 aromatic carbocycles. The molecule has 0 N–H and O–H groups in total. The third-order valence-corrected chi connectivity index (χ3v) is 8.97. The Bertz CT molecular complexity index is 2350. The van der Waals surface area contributed by atoms with Crippen LogP contribution in [-0.2, 0) is 0 Å². The molecule has 0 saturated carbocycles. The summed E-state index contributed by atoms with van der Waals surface area (Å²) in [5.41, 5.74) is 6.96. The molecule has 208 valence electrons. The lowest BCUT2D eigenvalue weighted by Crippen LogP contribution is -1.93. The van der Waals surface area contributed by atoms with Gasteiger partial charge in [0.25, 0.3) is 0 Å². The number of hydrogen-bond donors (Lipinski definition) is 0. The van der Waals surface area contributed by atoms with Gasteiger partial charge in [-0.05, 0) is 96.5 Å². The van der Waals surface area contributed by atoms with Crippen LogP contribution in [0, 0.1) is 0 Å². The molecule has 0 bridgehead atoms. The van der Waals surface area contributed by atoms with E-state index in [2.05, 4.69) is 166 Å². The van der Waals surface area contributed by atoms with Gasteiger partial charge in [-0.25, -0.2) is 0 Å². The van der Waals surface area contributed by atoms with Crippen molar-refractivity contribution in [1.82, 2.24) is 4.98 Å². The van der Waals surface area contributed by atoms with Gasteiger partial charge in [0.2, 0.25) is 0 Å². The number of pyridine rings is 1. The molecule has 0 atom stereocenters. The maximum Gasteiger partial charge on any atom is 0.0702 e. The van der Waals surface area contributed by atoms with Crippen LogP contribution in [0.15, 0.2) is 152 Å². The number of nitrogens with zero attached hydrogens (tertiary/aromatic N) is 1. The van der Waals surface area contributed by atoms with Gasteiger partial charge in [-0.1, -0.05) is 133 Å². The first-order valence-corrected chi connectivity index (χ1v) is 15.3. The zero-order valence-electron chi connectivity index (χ0n) is 24.9. The summed E-state index contributed by atoms with van der Waals surface area (Å²) in [6.07, 6.45) is 8.58. The fourth-order valence-electron chi connectivity index (χ4n) is 7.03. The van der Waals surface area contributed by atoms with Gasteiger partial charge in [-0.15, -0.1) is 0 Å². The van der Waals surface area contributed by atoms with Crippen molar-refractivity contribution >= 4 is 59.4 Å². The van der Waals surface area contributed by atoms with Gasteiger partial charge in [0, 0.05) is 17.3 Å². The number of benzene rings is 7. The zero-order valence-corrected chi connectivity index (χ0v) is 24.9. The van der Waals surface area contributed by atoms with E-state index >= 15 is 0 Å². The van der Waals surface area contributed by atoms with E-state index in [-0.39, 0.29) is 0 Å².